The molecule has 0 aliphatic carbocycles. The van der Waals surface area contributed by atoms with Crippen molar-refractivity contribution in [2.75, 3.05) is 13.2 Å². The minimum atomic E-state index is -1.66. The molecule has 0 saturated carbocycles. The molecule has 0 aromatic heterocycles. The van der Waals surface area contributed by atoms with Gasteiger partial charge in [0.25, 0.3) is 0 Å². The van der Waals surface area contributed by atoms with Gasteiger partial charge in [-0.1, -0.05) is 244 Å². The van der Waals surface area contributed by atoms with Gasteiger partial charge in [0.2, 0.25) is 5.91 Å². The number of hydrogen-bond donors (Lipinski definition) is 8. The zero-order chi connectivity index (χ0) is 49.0. The predicted octanol–water partition coefficient (Wildman–Crippen LogP) is 11.6. The summed E-state index contributed by atoms with van der Waals surface area (Å²) in [5.41, 5.74) is 0. The molecule has 398 valence electrons. The molecule has 1 heterocycles. The van der Waals surface area contributed by atoms with Gasteiger partial charge in [0.15, 0.2) is 6.29 Å². The molecule has 1 aliphatic heterocycles. The van der Waals surface area contributed by atoms with Crippen molar-refractivity contribution in [1.82, 2.24) is 5.32 Å². The molecule has 11 heteroatoms. The van der Waals surface area contributed by atoms with Crippen LogP contribution in [0.15, 0.2) is 12.2 Å². The fourth-order valence-electron chi connectivity index (χ4n) is 9.39. The number of amides is 1. The average molecular weight is 956 g/mol. The van der Waals surface area contributed by atoms with Gasteiger partial charge in [-0.15, -0.1) is 0 Å². The van der Waals surface area contributed by atoms with Gasteiger partial charge in [-0.2, -0.15) is 0 Å². The number of rotatable bonds is 49. The summed E-state index contributed by atoms with van der Waals surface area (Å²) in [6.45, 7) is 3.45. The Bertz CT molecular complexity index is 1100. The third-order valence-corrected chi connectivity index (χ3v) is 14.1. The van der Waals surface area contributed by atoms with Crippen molar-refractivity contribution < 1.29 is 50.0 Å². The van der Waals surface area contributed by atoms with Crippen LogP contribution in [0.3, 0.4) is 0 Å². The lowest BCUT2D eigenvalue weighted by molar-refractivity contribution is -0.303. The van der Waals surface area contributed by atoms with E-state index in [1.54, 1.807) is 0 Å². The summed E-state index contributed by atoms with van der Waals surface area (Å²) in [5, 5.41) is 75.9. The normalized spacial score (nSPS) is 20.6. The van der Waals surface area contributed by atoms with Crippen molar-refractivity contribution in [3.8, 4) is 0 Å². The van der Waals surface area contributed by atoms with E-state index >= 15 is 0 Å². The monoisotopic (exact) mass is 956 g/mol. The molecule has 9 atom stereocenters. The van der Waals surface area contributed by atoms with Crippen molar-refractivity contribution in [2.24, 2.45) is 0 Å². The highest BCUT2D eigenvalue weighted by atomic mass is 16.7. The molecule has 0 aromatic rings. The van der Waals surface area contributed by atoms with Crippen LogP contribution in [0.25, 0.3) is 0 Å². The standard InChI is InChI=1S/C56H109NO10/c1-3-5-7-9-11-13-15-17-18-19-20-21-22-23-24-25-26-27-28-29-30-32-34-36-38-40-42-44-49(60)55(65)57-47(46-66-56-54(64)53(63)52(62)50(45-58)67-56)51(61)48(59)43-41-39-37-35-33-31-16-14-12-10-8-6-4-2/h35,37,47-54,56,58-64H,3-34,36,38-46H2,1-2H3,(H,57,65)/b37-35+. The molecule has 1 saturated heterocycles. The zero-order valence-corrected chi connectivity index (χ0v) is 43.4. The smallest absolute Gasteiger partial charge is 0.249 e. The van der Waals surface area contributed by atoms with Gasteiger partial charge in [-0.3, -0.25) is 4.79 Å². The van der Waals surface area contributed by atoms with Gasteiger partial charge in [0, 0.05) is 0 Å². The first-order chi connectivity index (χ1) is 32.7. The Kier molecular flexibility index (Phi) is 43.8. The van der Waals surface area contributed by atoms with E-state index in [-0.39, 0.29) is 12.8 Å². The summed E-state index contributed by atoms with van der Waals surface area (Å²) < 4.78 is 11.1. The average Bonchev–Trinajstić information content (AvgIpc) is 3.33. The molecular formula is C56H109NO10. The number of ether oxygens (including phenoxy) is 2. The number of aliphatic hydroxyl groups is 7. The topological polar surface area (TPSA) is 189 Å². The second kappa shape index (κ2) is 46.0. The molecule has 1 amide bonds. The van der Waals surface area contributed by atoms with Gasteiger partial charge in [0.1, 0.15) is 36.6 Å². The van der Waals surface area contributed by atoms with Crippen LogP contribution in [-0.2, 0) is 14.3 Å². The van der Waals surface area contributed by atoms with E-state index in [0.717, 1.165) is 38.5 Å². The van der Waals surface area contributed by atoms with Crippen LogP contribution in [0.4, 0.5) is 0 Å². The second-order valence-corrected chi connectivity index (χ2v) is 20.4. The third kappa shape index (κ3) is 34.8. The number of aliphatic hydroxyl groups excluding tert-OH is 7. The third-order valence-electron chi connectivity index (χ3n) is 14.1. The Morgan fingerprint density at radius 1 is 0.507 bits per heavy atom. The summed E-state index contributed by atoms with van der Waals surface area (Å²) in [6.07, 6.45) is 41.4. The summed E-state index contributed by atoms with van der Waals surface area (Å²) in [5.74, 6) is -0.702. The van der Waals surface area contributed by atoms with E-state index in [0.29, 0.717) is 12.8 Å². The Morgan fingerprint density at radius 2 is 0.881 bits per heavy atom. The largest absolute Gasteiger partial charge is 0.394 e. The van der Waals surface area contributed by atoms with Gasteiger partial charge < -0.3 is 50.5 Å². The SMILES string of the molecule is CCCCCCCCCC/C=C/CCCC(O)C(O)C(COC1OC(CO)C(O)C(O)C1O)NC(=O)C(O)CCCCCCCCCCCCCCCCCCCCCCCCCCCCC. The van der Waals surface area contributed by atoms with E-state index in [4.69, 9.17) is 9.47 Å². The molecule has 0 spiro atoms. The molecule has 11 nitrogen and oxygen atoms in total. The highest BCUT2D eigenvalue weighted by Gasteiger charge is 2.44. The van der Waals surface area contributed by atoms with Gasteiger partial charge in [0.05, 0.1) is 25.4 Å². The number of unbranched alkanes of at least 4 members (excludes halogenated alkanes) is 35. The first-order valence-electron chi connectivity index (χ1n) is 28.6. The van der Waals surface area contributed by atoms with E-state index < -0.39 is 74.2 Å². The first-order valence-corrected chi connectivity index (χ1v) is 28.6. The molecule has 1 rings (SSSR count). The molecule has 9 unspecified atom stereocenters. The summed E-state index contributed by atoms with van der Waals surface area (Å²) in [6, 6.07) is -1.18. The van der Waals surface area contributed by atoms with Crippen LogP contribution in [0.1, 0.15) is 271 Å². The number of nitrogens with one attached hydrogen (secondary N) is 1. The molecule has 0 bridgehead atoms. The minimum Gasteiger partial charge on any atom is -0.394 e. The number of hydrogen-bond acceptors (Lipinski definition) is 10. The number of carbonyl (C=O) groups is 1. The van der Waals surface area contributed by atoms with E-state index in [2.05, 4.69) is 31.3 Å². The van der Waals surface area contributed by atoms with Gasteiger partial charge in [-0.25, -0.2) is 0 Å². The van der Waals surface area contributed by atoms with Crippen molar-refractivity contribution in [3.05, 3.63) is 12.2 Å². The first kappa shape index (κ1) is 63.9. The van der Waals surface area contributed by atoms with E-state index in [1.165, 1.54) is 193 Å². The van der Waals surface area contributed by atoms with Crippen LogP contribution in [-0.4, -0.2) is 110 Å². The minimum absolute atomic E-state index is 0.259. The Balaban J connectivity index is 2.25. The summed E-state index contributed by atoms with van der Waals surface area (Å²) in [7, 11) is 0. The highest BCUT2D eigenvalue weighted by molar-refractivity contribution is 5.80. The van der Waals surface area contributed by atoms with Gasteiger partial charge >= 0.3 is 0 Å². The lowest BCUT2D eigenvalue weighted by Gasteiger charge is -2.40. The molecule has 1 aliphatic rings. The Labute approximate surface area is 411 Å². The highest BCUT2D eigenvalue weighted by Crippen LogP contribution is 2.23. The van der Waals surface area contributed by atoms with Crippen LogP contribution >= 0.6 is 0 Å². The molecule has 8 N–H and O–H groups in total. The quantitative estimate of drug-likeness (QED) is 0.0215. The summed E-state index contributed by atoms with van der Waals surface area (Å²) >= 11 is 0. The molecular weight excluding hydrogens is 847 g/mol. The molecule has 1 fully saturated rings. The Morgan fingerprint density at radius 3 is 1.28 bits per heavy atom. The van der Waals surface area contributed by atoms with Crippen LogP contribution in [0.5, 0.6) is 0 Å². The summed E-state index contributed by atoms with van der Waals surface area (Å²) in [4.78, 5) is 13.1. The fourth-order valence-corrected chi connectivity index (χ4v) is 9.39. The van der Waals surface area contributed by atoms with Crippen molar-refractivity contribution >= 4 is 5.91 Å². The van der Waals surface area contributed by atoms with Crippen molar-refractivity contribution in [2.45, 2.75) is 326 Å². The zero-order valence-electron chi connectivity index (χ0n) is 43.4. The van der Waals surface area contributed by atoms with E-state index in [9.17, 15) is 40.5 Å². The Hall–Kier alpha value is -1.15. The van der Waals surface area contributed by atoms with Crippen LogP contribution < -0.4 is 5.32 Å². The predicted molar refractivity (Wildman–Crippen MR) is 275 cm³/mol. The number of allylic oxidation sites excluding steroid dienone is 2. The van der Waals surface area contributed by atoms with Crippen molar-refractivity contribution in [3.63, 3.8) is 0 Å². The lowest BCUT2D eigenvalue weighted by atomic mass is 9.98. The molecule has 0 aromatic carbocycles. The van der Waals surface area contributed by atoms with Crippen LogP contribution in [0.2, 0.25) is 0 Å². The number of carbonyl (C=O) groups excluding carboxylic acids is 1. The lowest BCUT2D eigenvalue weighted by Crippen LogP contribution is -2.60. The van der Waals surface area contributed by atoms with Crippen molar-refractivity contribution in [1.29, 1.82) is 0 Å². The van der Waals surface area contributed by atoms with Crippen LogP contribution in [0, 0.1) is 0 Å². The molecule has 0 radical (unpaired) electrons. The maximum absolute atomic E-state index is 13.1. The maximum atomic E-state index is 13.1. The maximum Gasteiger partial charge on any atom is 0.249 e. The van der Waals surface area contributed by atoms with Gasteiger partial charge in [-0.05, 0) is 38.5 Å². The second-order valence-electron chi connectivity index (χ2n) is 20.4. The molecule has 67 heavy (non-hydrogen) atoms. The fraction of sp³-hybridized carbons (Fsp3) is 0.946. The van der Waals surface area contributed by atoms with E-state index in [1.807, 2.05) is 0 Å².